The van der Waals surface area contributed by atoms with Crippen LogP contribution in [0.1, 0.15) is 30.9 Å². The molecule has 0 spiro atoms. The molecule has 1 heterocycles. The Hall–Kier alpha value is -1.02. The van der Waals surface area contributed by atoms with E-state index < -0.39 is 0 Å². The highest BCUT2D eigenvalue weighted by Gasteiger charge is 2.16. The van der Waals surface area contributed by atoms with Crippen molar-refractivity contribution in [2.45, 2.75) is 32.2 Å². The topological polar surface area (TPSA) is 35.2 Å². The van der Waals surface area contributed by atoms with Crippen LogP contribution in [0.15, 0.2) is 18.2 Å². The van der Waals surface area contributed by atoms with Crippen molar-refractivity contribution >= 4 is 0 Å². The summed E-state index contributed by atoms with van der Waals surface area (Å²) in [6.07, 6.45) is 1.04. The van der Waals surface area contributed by atoms with Crippen LogP contribution in [0.25, 0.3) is 0 Å². The molecule has 0 aliphatic carbocycles. The van der Waals surface area contributed by atoms with Crippen molar-refractivity contribution in [3.63, 3.8) is 0 Å². The Labute approximate surface area is 85.1 Å². The van der Waals surface area contributed by atoms with Crippen LogP contribution >= 0.6 is 0 Å². The van der Waals surface area contributed by atoms with E-state index in [1.807, 2.05) is 6.92 Å². The molecule has 2 rings (SSSR count). The molecule has 0 bridgehead atoms. The Morgan fingerprint density at radius 3 is 2.86 bits per heavy atom. The number of rotatable bonds is 2. The largest absolute Gasteiger partial charge is 0.493 e. The number of fused-ring (bicyclic) bond motifs is 1. The minimum Gasteiger partial charge on any atom is -0.493 e. The van der Waals surface area contributed by atoms with Crippen molar-refractivity contribution in [2.75, 3.05) is 6.61 Å². The minimum absolute atomic E-state index is 0.204. The van der Waals surface area contributed by atoms with Crippen LogP contribution < -0.4 is 10.5 Å². The summed E-state index contributed by atoms with van der Waals surface area (Å²) in [4.78, 5) is 0. The van der Waals surface area contributed by atoms with Crippen LogP contribution in [0.5, 0.6) is 5.75 Å². The van der Waals surface area contributed by atoms with Gasteiger partial charge in [-0.05, 0) is 30.0 Å². The molecule has 0 aromatic heterocycles. The monoisotopic (exact) mass is 191 g/mol. The third-order valence-corrected chi connectivity index (χ3v) is 3.03. The van der Waals surface area contributed by atoms with E-state index >= 15 is 0 Å². The zero-order valence-electron chi connectivity index (χ0n) is 8.79. The van der Waals surface area contributed by atoms with E-state index in [2.05, 4.69) is 25.1 Å². The maximum atomic E-state index is 5.88. The highest BCUT2D eigenvalue weighted by Crippen LogP contribution is 2.29. The van der Waals surface area contributed by atoms with Gasteiger partial charge in [-0.25, -0.2) is 0 Å². The smallest absolute Gasteiger partial charge is 0.122 e. The second-order valence-electron chi connectivity index (χ2n) is 4.11. The lowest BCUT2D eigenvalue weighted by molar-refractivity contribution is 0.357. The molecule has 1 aromatic rings. The predicted octanol–water partition coefficient (Wildman–Crippen LogP) is 2.07. The van der Waals surface area contributed by atoms with Gasteiger partial charge in [0, 0.05) is 12.5 Å². The van der Waals surface area contributed by atoms with Gasteiger partial charge in [-0.3, -0.25) is 0 Å². The van der Waals surface area contributed by atoms with Crippen LogP contribution in [0.4, 0.5) is 0 Å². The summed E-state index contributed by atoms with van der Waals surface area (Å²) >= 11 is 0. The van der Waals surface area contributed by atoms with E-state index in [0.29, 0.717) is 5.92 Å². The van der Waals surface area contributed by atoms with Gasteiger partial charge in [-0.15, -0.1) is 0 Å². The van der Waals surface area contributed by atoms with Gasteiger partial charge in [0.25, 0.3) is 0 Å². The number of hydrogen-bond donors (Lipinski definition) is 1. The van der Waals surface area contributed by atoms with Gasteiger partial charge in [0.15, 0.2) is 0 Å². The summed E-state index contributed by atoms with van der Waals surface area (Å²) in [6.45, 7) is 5.04. The molecule has 0 saturated carbocycles. The Balaban J connectivity index is 2.28. The number of hydrogen-bond acceptors (Lipinski definition) is 2. The molecule has 1 aliphatic heterocycles. The third kappa shape index (κ3) is 1.62. The first-order valence-corrected chi connectivity index (χ1v) is 5.19. The van der Waals surface area contributed by atoms with Gasteiger partial charge < -0.3 is 10.5 Å². The van der Waals surface area contributed by atoms with Crippen molar-refractivity contribution < 1.29 is 4.74 Å². The molecule has 76 valence electrons. The van der Waals surface area contributed by atoms with Crippen LogP contribution in [0.3, 0.4) is 0 Å². The van der Waals surface area contributed by atoms with E-state index in [0.717, 1.165) is 18.8 Å². The van der Waals surface area contributed by atoms with Gasteiger partial charge in [-0.1, -0.05) is 19.1 Å². The van der Waals surface area contributed by atoms with Crippen LogP contribution in [-0.2, 0) is 6.42 Å². The standard InChI is InChI=1S/C12H17NO/c1-8(9(2)13)10-3-4-12-11(7-10)5-6-14-12/h3-4,7-9H,5-6,13H2,1-2H3. The highest BCUT2D eigenvalue weighted by atomic mass is 16.5. The van der Waals surface area contributed by atoms with Crippen molar-refractivity contribution in [1.82, 2.24) is 0 Å². The average Bonchev–Trinajstić information content (AvgIpc) is 2.62. The second-order valence-corrected chi connectivity index (χ2v) is 4.11. The molecule has 1 aromatic carbocycles. The maximum Gasteiger partial charge on any atom is 0.122 e. The predicted molar refractivity (Wildman–Crippen MR) is 57.7 cm³/mol. The second kappa shape index (κ2) is 3.62. The fourth-order valence-corrected chi connectivity index (χ4v) is 1.79. The Kier molecular flexibility index (Phi) is 2.46. The fraction of sp³-hybridized carbons (Fsp3) is 0.500. The molecule has 0 fully saturated rings. The van der Waals surface area contributed by atoms with Crippen LogP contribution in [0, 0.1) is 0 Å². The van der Waals surface area contributed by atoms with Crippen molar-refractivity contribution in [1.29, 1.82) is 0 Å². The summed E-state index contributed by atoms with van der Waals surface area (Å²) < 4.78 is 5.46. The van der Waals surface area contributed by atoms with Crippen molar-refractivity contribution in [3.8, 4) is 5.75 Å². The normalized spacial score (nSPS) is 18.5. The Morgan fingerprint density at radius 1 is 1.36 bits per heavy atom. The molecule has 2 unspecified atom stereocenters. The number of nitrogens with two attached hydrogens (primary N) is 1. The summed E-state index contributed by atoms with van der Waals surface area (Å²) in [5.41, 5.74) is 8.53. The lowest BCUT2D eigenvalue weighted by atomic mass is 9.93. The molecule has 2 heteroatoms. The molecule has 0 amide bonds. The van der Waals surface area contributed by atoms with Gasteiger partial charge in [0.2, 0.25) is 0 Å². The molecular weight excluding hydrogens is 174 g/mol. The van der Waals surface area contributed by atoms with Gasteiger partial charge >= 0.3 is 0 Å². The zero-order chi connectivity index (χ0) is 10.1. The third-order valence-electron chi connectivity index (χ3n) is 3.03. The zero-order valence-corrected chi connectivity index (χ0v) is 8.79. The molecule has 2 N–H and O–H groups in total. The van der Waals surface area contributed by atoms with E-state index in [9.17, 15) is 0 Å². The SMILES string of the molecule is CC(N)C(C)c1ccc2c(c1)CCO2. The molecular formula is C12H17NO. The Morgan fingerprint density at radius 2 is 2.14 bits per heavy atom. The van der Waals surface area contributed by atoms with Gasteiger partial charge in [0.1, 0.15) is 5.75 Å². The van der Waals surface area contributed by atoms with E-state index in [-0.39, 0.29) is 6.04 Å². The summed E-state index contributed by atoms with van der Waals surface area (Å²) in [5.74, 6) is 1.46. The van der Waals surface area contributed by atoms with Gasteiger partial charge in [-0.2, -0.15) is 0 Å². The summed E-state index contributed by atoms with van der Waals surface area (Å²) in [5, 5.41) is 0. The quantitative estimate of drug-likeness (QED) is 0.776. The molecule has 0 radical (unpaired) electrons. The van der Waals surface area contributed by atoms with Crippen LogP contribution in [-0.4, -0.2) is 12.6 Å². The highest BCUT2D eigenvalue weighted by molar-refractivity contribution is 5.41. The molecule has 2 atom stereocenters. The molecule has 0 saturated heterocycles. The van der Waals surface area contributed by atoms with Crippen LogP contribution in [0.2, 0.25) is 0 Å². The summed E-state index contributed by atoms with van der Waals surface area (Å²) in [6, 6.07) is 6.63. The average molecular weight is 191 g/mol. The van der Waals surface area contributed by atoms with E-state index in [4.69, 9.17) is 10.5 Å². The molecule has 1 aliphatic rings. The lowest BCUT2D eigenvalue weighted by Gasteiger charge is -2.16. The first-order chi connectivity index (χ1) is 6.68. The first kappa shape index (κ1) is 9.53. The number of benzene rings is 1. The summed E-state index contributed by atoms with van der Waals surface area (Å²) in [7, 11) is 0. The van der Waals surface area contributed by atoms with E-state index in [1.165, 1.54) is 11.1 Å². The maximum absolute atomic E-state index is 5.88. The Bertz CT molecular complexity index is 333. The fourth-order valence-electron chi connectivity index (χ4n) is 1.79. The van der Waals surface area contributed by atoms with Crippen molar-refractivity contribution in [3.05, 3.63) is 29.3 Å². The minimum atomic E-state index is 0.204. The molecule has 14 heavy (non-hydrogen) atoms. The van der Waals surface area contributed by atoms with Gasteiger partial charge in [0.05, 0.1) is 6.61 Å². The van der Waals surface area contributed by atoms with Crippen molar-refractivity contribution in [2.24, 2.45) is 5.73 Å². The first-order valence-electron chi connectivity index (χ1n) is 5.19. The lowest BCUT2D eigenvalue weighted by Crippen LogP contribution is -2.22. The van der Waals surface area contributed by atoms with E-state index in [1.54, 1.807) is 0 Å². The number of ether oxygens (including phenoxy) is 1. The molecule has 2 nitrogen and oxygen atoms in total.